The minimum absolute atomic E-state index is 0.0782. The molecule has 0 saturated heterocycles. The van der Waals surface area contributed by atoms with E-state index in [1.807, 2.05) is 26.0 Å². The maximum atomic E-state index is 13.1. The van der Waals surface area contributed by atoms with Gasteiger partial charge in [-0.05, 0) is 55.7 Å². The van der Waals surface area contributed by atoms with Crippen molar-refractivity contribution in [1.29, 1.82) is 0 Å². The van der Waals surface area contributed by atoms with Gasteiger partial charge in [-0.15, -0.1) is 0 Å². The number of aromatic hydroxyl groups is 2. The van der Waals surface area contributed by atoms with Gasteiger partial charge >= 0.3 is 5.97 Å². The first-order valence-corrected chi connectivity index (χ1v) is 11.0. The Balaban J connectivity index is 1.80. The van der Waals surface area contributed by atoms with E-state index in [-0.39, 0.29) is 29.7 Å². The molecule has 2 N–H and O–H groups in total. The highest BCUT2D eigenvalue weighted by molar-refractivity contribution is 6.27. The zero-order valence-electron chi connectivity index (χ0n) is 19.6. The van der Waals surface area contributed by atoms with E-state index >= 15 is 0 Å². The van der Waals surface area contributed by atoms with Crippen molar-refractivity contribution in [2.24, 2.45) is 0 Å². The van der Waals surface area contributed by atoms with Crippen molar-refractivity contribution < 1.29 is 34.1 Å². The van der Waals surface area contributed by atoms with Crippen LogP contribution in [0.15, 0.2) is 59.7 Å². The van der Waals surface area contributed by atoms with Crippen LogP contribution in [0.3, 0.4) is 0 Å². The lowest BCUT2D eigenvalue weighted by molar-refractivity contribution is -0.149. The number of phenolic OH excluding ortho intramolecular Hbond substituents is 2. The summed E-state index contributed by atoms with van der Waals surface area (Å²) in [5, 5.41) is 20.2. The zero-order chi connectivity index (χ0) is 25.0. The maximum absolute atomic E-state index is 13.1. The second-order valence-corrected chi connectivity index (χ2v) is 8.65. The summed E-state index contributed by atoms with van der Waals surface area (Å²) in [7, 11) is 0. The second kappa shape index (κ2) is 10.4. The number of fused-ring (bicyclic) bond motifs is 1. The average molecular weight is 465 g/mol. The van der Waals surface area contributed by atoms with Crippen LogP contribution in [-0.2, 0) is 9.53 Å². The molecular weight excluding hydrogens is 436 g/mol. The van der Waals surface area contributed by atoms with Gasteiger partial charge in [0.2, 0.25) is 0 Å². The molecule has 3 rings (SSSR count). The van der Waals surface area contributed by atoms with Gasteiger partial charge in [-0.25, -0.2) is 4.79 Å². The normalized spacial score (nSPS) is 13.7. The molecule has 7 nitrogen and oxygen atoms in total. The Bertz CT molecular complexity index is 1170. The topological polar surface area (TPSA) is 110 Å². The van der Waals surface area contributed by atoms with Gasteiger partial charge in [-0.3, -0.25) is 9.59 Å². The molecule has 0 aliphatic heterocycles. The molecule has 7 heteroatoms. The number of phenols is 2. The van der Waals surface area contributed by atoms with E-state index < -0.39 is 35.1 Å². The zero-order valence-corrected chi connectivity index (χ0v) is 19.6. The summed E-state index contributed by atoms with van der Waals surface area (Å²) in [6.45, 7) is 7.47. The molecule has 178 valence electrons. The van der Waals surface area contributed by atoms with Crippen LogP contribution in [0.1, 0.15) is 66.3 Å². The van der Waals surface area contributed by atoms with E-state index in [2.05, 4.69) is 13.8 Å². The van der Waals surface area contributed by atoms with Gasteiger partial charge in [0.25, 0.3) is 0 Å². The van der Waals surface area contributed by atoms with Crippen molar-refractivity contribution in [1.82, 2.24) is 0 Å². The van der Waals surface area contributed by atoms with Gasteiger partial charge in [-0.2, -0.15) is 0 Å². The number of allylic oxidation sites excluding steroid dienone is 2. The number of ether oxygens (including phenoxy) is 2. The smallest absolute Gasteiger partial charge is 0.344 e. The fraction of sp³-hybridized carbons (Fsp3) is 0.296. The van der Waals surface area contributed by atoms with Crippen LogP contribution in [0.5, 0.6) is 17.2 Å². The summed E-state index contributed by atoms with van der Waals surface area (Å²) in [5.41, 5.74) is 1.42. The van der Waals surface area contributed by atoms with Crippen molar-refractivity contribution >= 4 is 17.5 Å². The number of Topliss-reactive ketones (excluding diaryl/α,β-unsaturated/α-hetero) is 1. The van der Waals surface area contributed by atoms with Gasteiger partial charge < -0.3 is 19.7 Å². The molecule has 0 bridgehead atoms. The molecule has 0 spiro atoms. The predicted molar refractivity (Wildman–Crippen MR) is 126 cm³/mol. The van der Waals surface area contributed by atoms with Crippen LogP contribution < -0.4 is 4.74 Å². The van der Waals surface area contributed by atoms with Crippen molar-refractivity contribution in [3.8, 4) is 17.2 Å². The third kappa shape index (κ3) is 5.54. The third-order valence-corrected chi connectivity index (χ3v) is 5.45. The number of hydrogen-bond acceptors (Lipinski definition) is 7. The summed E-state index contributed by atoms with van der Waals surface area (Å²) in [4.78, 5) is 38.3. The first-order chi connectivity index (χ1) is 16.1. The number of benzene rings is 2. The molecule has 0 saturated carbocycles. The highest BCUT2D eigenvalue weighted by Gasteiger charge is 2.35. The number of esters is 1. The Hall–Kier alpha value is -3.87. The summed E-state index contributed by atoms with van der Waals surface area (Å²) in [5.74, 6) is -2.03. The molecule has 0 amide bonds. The monoisotopic (exact) mass is 464 g/mol. The van der Waals surface area contributed by atoms with Gasteiger partial charge in [0.05, 0.1) is 11.1 Å². The van der Waals surface area contributed by atoms with Crippen molar-refractivity contribution in [2.75, 3.05) is 6.61 Å². The molecule has 2 aromatic rings. The van der Waals surface area contributed by atoms with Crippen LogP contribution in [0.4, 0.5) is 0 Å². The summed E-state index contributed by atoms with van der Waals surface area (Å²) in [6.07, 6.45) is 1.91. The fourth-order valence-corrected chi connectivity index (χ4v) is 3.59. The SMILES string of the molecule is CC(C)=CC[C@@H](OC(=O)COc1ccc(C(C)C)cc1)C1=CC(=O)c2c(O)ccc(O)c2C1=O. The molecule has 1 aliphatic carbocycles. The van der Waals surface area contributed by atoms with Crippen molar-refractivity contribution in [3.05, 3.63) is 76.4 Å². The fourth-order valence-electron chi connectivity index (χ4n) is 3.59. The second-order valence-electron chi connectivity index (χ2n) is 8.65. The Morgan fingerprint density at radius 2 is 1.59 bits per heavy atom. The first kappa shape index (κ1) is 24.8. The molecule has 0 unspecified atom stereocenters. The molecule has 0 radical (unpaired) electrons. The van der Waals surface area contributed by atoms with E-state index in [0.29, 0.717) is 11.7 Å². The van der Waals surface area contributed by atoms with E-state index in [4.69, 9.17) is 9.47 Å². The average Bonchev–Trinajstić information content (AvgIpc) is 2.79. The van der Waals surface area contributed by atoms with E-state index in [1.165, 1.54) is 0 Å². The van der Waals surface area contributed by atoms with E-state index in [9.17, 15) is 24.6 Å². The Kier molecular flexibility index (Phi) is 7.56. The summed E-state index contributed by atoms with van der Waals surface area (Å²) >= 11 is 0. The number of carbonyl (C=O) groups excluding carboxylic acids is 3. The van der Waals surface area contributed by atoms with Crippen LogP contribution in [0, 0.1) is 0 Å². The highest BCUT2D eigenvalue weighted by atomic mass is 16.6. The standard InChI is InChI=1S/C27H28O7/c1-15(2)5-12-23(34-24(31)14-33-18-8-6-17(7-9-18)16(3)4)19-13-22(30)25-20(28)10-11-21(29)26(25)27(19)32/h5-11,13,16,23,28-29H,12,14H2,1-4H3/t23-/m1/s1. The van der Waals surface area contributed by atoms with Crippen molar-refractivity contribution in [2.45, 2.75) is 46.1 Å². The summed E-state index contributed by atoms with van der Waals surface area (Å²) in [6, 6.07) is 9.64. The third-order valence-electron chi connectivity index (χ3n) is 5.45. The van der Waals surface area contributed by atoms with E-state index in [1.54, 1.807) is 18.2 Å². The van der Waals surface area contributed by atoms with Gasteiger partial charge in [-0.1, -0.05) is 37.6 Å². The Labute approximate surface area is 198 Å². The quantitative estimate of drug-likeness (QED) is 0.326. The number of carbonyl (C=O) groups is 3. The minimum atomic E-state index is -1.07. The lowest BCUT2D eigenvalue weighted by Crippen LogP contribution is -2.30. The lowest BCUT2D eigenvalue weighted by Gasteiger charge is -2.23. The lowest BCUT2D eigenvalue weighted by atomic mass is 9.85. The molecule has 2 aromatic carbocycles. The molecule has 34 heavy (non-hydrogen) atoms. The van der Waals surface area contributed by atoms with Crippen LogP contribution in [0.2, 0.25) is 0 Å². The van der Waals surface area contributed by atoms with Crippen molar-refractivity contribution in [3.63, 3.8) is 0 Å². The van der Waals surface area contributed by atoms with Gasteiger partial charge in [0.15, 0.2) is 18.2 Å². The van der Waals surface area contributed by atoms with E-state index in [0.717, 1.165) is 29.3 Å². The minimum Gasteiger partial charge on any atom is -0.507 e. The van der Waals surface area contributed by atoms with Crippen LogP contribution in [0.25, 0.3) is 0 Å². The maximum Gasteiger partial charge on any atom is 0.344 e. The number of ketones is 2. The van der Waals surface area contributed by atoms with Gasteiger partial charge in [0.1, 0.15) is 23.4 Å². The molecule has 0 fully saturated rings. The molecule has 1 aliphatic rings. The largest absolute Gasteiger partial charge is 0.507 e. The van der Waals surface area contributed by atoms with Crippen LogP contribution >= 0.6 is 0 Å². The highest BCUT2D eigenvalue weighted by Crippen LogP contribution is 2.36. The summed E-state index contributed by atoms with van der Waals surface area (Å²) < 4.78 is 11.1. The molecule has 1 atom stereocenters. The van der Waals surface area contributed by atoms with Crippen LogP contribution in [-0.4, -0.2) is 40.5 Å². The molecule has 0 aromatic heterocycles. The van der Waals surface area contributed by atoms with Gasteiger partial charge in [0, 0.05) is 12.0 Å². The molecular formula is C27H28O7. The molecule has 0 heterocycles. The number of hydrogen-bond donors (Lipinski definition) is 2. The Morgan fingerprint density at radius 1 is 0.971 bits per heavy atom. The number of rotatable bonds is 8. The Morgan fingerprint density at radius 3 is 2.18 bits per heavy atom. The first-order valence-electron chi connectivity index (χ1n) is 11.0. The predicted octanol–water partition coefficient (Wildman–Crippen LogP) is 4.87.